The van der Waals surface area contributed by atoms with Crippen molar-refractivity contribution in [2.75, 3.05) is 12.4 Å². The molecule has 1 saturated heterocycles. The summed E-state index contributed by atoms with van der Waals surface area (Å²) in [6, 6.07) is 14.5. The molecule has 2 aromatic carbocycles. The topological polar surface area (TPSA) is 202 Å². The van der Waals surface area contributed by atoms with Crippen molar-refractivity contribution in [3.8, 4) is 23.1 Å². The predicted octanol–water partition coefficient (Wildman–Crippen LogP) is 3.60. The number of nitrogens with one attached hydrogen (secondary N) is 1. The number of nitrogens with zero attached hydrogens (tertiary/aromatic N) is 1. The van der Waals surface area contributed by atoms with Crippen LogP contribution < -0.4 is 26.1 Å². The molecule has 0 bridgehead atoms. The summed E-state index contributed by atoms with van der Waals surface area (Å²) in [6.45, 7) is 4.87. The van der Waals surface area contributed by atoms with Crippen molar-refractivity contribution in [2.24, 2.45) is 5.73 Å². The molecule has 236 valence electrons. The van der Waals surface area contributed by atoms with Gasteiger partial charge in [-0.25, -0.2) is 14.6 Å². The van der Waals surface area contributed by atoms with E-state index in [1.165, 1.54) is 37.6 Å². The van der Waals surface area contributed by atoms with Gasteiger partial charge in [0.25, 0.3) is 5.91 Å². The van der Waals surface area contributed by atoms with Crippen molar-refractivity contribution in [1.82, 2.24) is 4.98 Å². The lowest BCUT2D eigenvalue weighted by atomic mass is 9.89. The Bertz CT molecular complexity index is 1790. The van der Waals surface area contributed by atoms with Crippen LogP contribution in [0.3, 0.4) is 0 Å². The number of ether oxygens (including phenoxy) is 5. The fourth-order valence-electron chi connectivity index (χ4n) is 5.07. The number of amides is 2. The standard InChI is InChI=1S/C31H31N3O11/c1-15-19(42-29-23(36)25(44-30(32)39)26(40-4)31(2,3)45-29)11-10-18-22(35)21(28(38)43-24(15)18)34-27(37)16-12-13-33-20(14-16)41-17-8-6-5-7-9-17/h5-14,23,25-26,29,35-36H,1-4H3,(H2,32,39)(H,34,37). The first kappa shape index (κ1) is 31.3. The van der Waals surface area contributed by atoms with Crippen molar-refractivity contribution in [1.29, 1.82) is 0 Å². The molecular formula is C31H31N3O11. The molecule has 3 heterocycles. The lowest BCUT2D eigenvalue weighted by Crippen LogP contribution is -2.65. The second-order valence-corrected chi connectivity index (χ2v) is 10.7. The van der Waals surface area contributed by atoms with Crippen molar-refractivity contribution >= 4 is 28.7 Å². The number of nitrogens with two attached hydrogens (primary N) is 1. The molecule has 14 nitrogen and oxygen atoms in total. The van der Waals surface area contributed by atoms with E-state index in [9.17, 15) is 24.6 Å². The number of rotatable bonds is 8. The van der Waals surface area contributed by atoms with Crippen molar-refractivity contribution in [2.45, 2.75) is 51.0 Å². The molecule has 0 radical (unpaired) electrons. The minimum Gasteiger partial charge on any atom is -0.505 e. The molecular weight excluding hydrogens is 590 g/mol. The van der Waals surface area contributed by atoms with E-state index in [-0.39, 0.29) is 33.7 Å². The molecule has 0 aliphatic carbocycles. The number of aromatic hydroxyl groups is 1. The SMILES string of the molecule is COC1C(OC(N)=O)C(O)C(Oc2ccc3c(O)c(NC(=O)c4ccnc(Oc5ccccc5)c4)c(=O)oc3c2C)OC1(C)C. The highest BCUT2D eigenvalue weighted by Gasteiger charge is 2.53. The molecule has 0 spiro atoms. The van der Waals surface area contributed by atoms with Gasteiger partial charge in [-0.15, -0.1) is 0 Å². The third-order valence-electron chi connectivity index (χ3n) is 7.22. The molecule has 45 heavy (non-hydrogen) atoms. The molecule has 5 N–H and O–H groups in total. The fourth-order valence-corrected chi connectivity index (χ4v) is 5.07. The summed E-state index contributed by atoms with van der Waals surface area (Å²) in [4.78, 5) is 41.6. The maximum absolute atomic E-state index is 13.0. The van der Waals surface area contributed by atoms with Crippen LogP contribution in [0.15, 0.2) is 70.0 Å². The lowest BCUT2D eigenvalue weighted by Gasteiger charge is -2.47. The van der Waals surface area contributed by atoms with Crippen LogP contribution in [0.25, 0.3) is 11.0 Å². The number of pyridine rings is 1. The number of fused-ring (bicyclic) bond motifs is 1. The number of methoxy groups -OCH3 is 1. The van der Waals surface area contributed by atoms with Gasteiger partial charge in [0.1, 0.15) is 23.2 Å². The first-order valence-electron chi connectivity index (χ1n) is 13.7. The van der Waals surface area contributed by atoms with E-state index >= 15 is 0 Å². The van der Waals surface area contributed by atoms with Crippen LogP contribution in [-0.4, -0.2) is 64.5 Å². The van der Waals surface area contributed by atoms with E-state index < -0.39 is 59.3 Å². The second-order valence-electron chi connectivity index (χ2n) is 10.7. The first-order chi connectivity index (χ1) is 21.4. The number of anilines is 1. The van der Waals surface area contributed by atoms with E-state index in [4.69, 9.17) is 33.8 Å². The Morgan fingerprint density at radius 3 is 2.53 bits per heavy atom. The number of carbonyl (C=O) groups excluding carboxylic acids is 2. The van der Waals surface area contributed by atoms with Crippen LogP contribution in [0.2, 0.25) is 0 Å². The summed E-state index contributed by atoms with van der Waals surface area (Å²) in [5, 5.41) is 24.4. The predicted molar refractivity (Wildman–Crippen MR) is 158 cm³/mol. The maximum Gasteiger partial charge on any atom is 0.404 e. The highest BCUT2D eigenvalue weighted by atomic mass is 16.7. The van der Waals surface area contributed by atoms with Crippen molar-refractivity contribution in [3.63, 3.8) is 0 Å². The van der Waals surface area contributed by atoms with E-state index in [0.29, 0.717) is 5.75 Å². The molecule has 4 aromatic rings. The molecule has 4 atom stereocenters. The minimum absolute atomic E-state index is 0.0419. The zero-order valence-electron chi connectivity index (χ0n) is 24.7. The number of hydrogen-bond acceptors (Lipinski definition) is 12. The zero-order chi connectivity index (χ0) is 32.5. The van der Waals surface area contributed by atoms with Gasteiger partial charge in [0.2, 0.25) is 12.2 Å². The zero-order valence-corrected chi connectivity index (χ0v) is 24.7. The number of para-hydroxylation sites is 1. The number of primary amides is 1. The number of carbonyl (C=O) groups is 2. The molecule has 4 unspecified atom stereocenters. The van der Waals surface area contributed by atoms with E-state index in [1.54, 1.807) is 45.0 Å². The van der Waals surface area contributed by atoms with Gasteiger partial charge in [0.15, 0.2) is 23.6 Å². The summed E-state index contributed by atoms with van der Waals surface area (Å²) >= 11 is 0. The molecule has 2 aromatic heterocycles. The van der Waals surface area contributed by atoms with E-state index in [2.05, 4.69) is 10.3 Å². The van der Waals surface area contributed by atoms with Crippen LogP contribution >= 0.6 is 0 Å². The lowest BCUT2D eigenvalue weighted by molar-refractivity contribution is -0.304. The third kappa shape index (κ3) is 6.38. The maximum atomic E-state index is 13.0. The van der Waals surface area contributed by atoms with E-state index in [1.807, 2.05) is 6.07 Å². The van der Waals surface area contributed by atoms with Crippen LogP contribution in [-0.2, 0) is 14.2 Å². The molecule has 1 aliphatic heterocycles. The van der Waals surface area contributed by atoms with Crippen LogP contribution in [0.1, 0.15) is 29.8 Å². The number of hydrogen-bond donors (Lipinski definition) is 4. The number of aryl methyl sites for hydroxylation is 1. The fraction of sp³-hybridized carbons (Fsp3) is 0.290. The number of aliphatic hydroxyl groups excluding tert-OH is 1. The summed E-state index contributed by atoms with van der Waals surface area (Å²) < 4.78 is 33.6. The molecule has 14 heteroatoms. The van der Waals surface area contributed by atoms with Gasteiger partial charge in [0.05, 0.1) is 11.0 Å². The summed E-state index contributed by atoms with van der Waals surface area (Å²) in [6.07, 6.45) is -4.73. The molecule has 2 amide bonds. The largest absolute Gasteiger partial charge is 0.505 e. The Kier molecular flexibility index (Phi) is 8.64. The number of aliphatic hydroxyl groups is 1. The second kappa shape index (κ2) is 12.4. The minimum atomic E-state index is -1.52. The summed E-state index contributed by atoms with van der Waals surface area (Å²) in [7, 11) is 1.37. The third-order valence-corrected chi connectivity index (χ3v) is 7.22. The van der Waals surface area contributed by atoms with Crippen LogP contribution in [0.4, 0.5) is 10.5 Å². The number of benzene rings is 2. The Morgan fingerprint density at radius 2 is 1.84 bits per heavy atom. The highest BCUT2D eigenvalue weighted by Crippen LogP contribution is 2.38. The van der Waals surface area contributed by atoms with Crippen LogP contribution in [0.5, 0.6) is 23.1 Å². The quantitative estimate of drug-likeness (QED) is 0.209. The van der Waals surface area contributed by atoms with Gasteiger partial charge in [-0.1, -0.05) is 18.2 Å². The summed E-state index contributed by atoms with van der Waals surface area (Å²) in [5.41, 5.74) is 2.94. The summed E-state index contributed by atoms with van der Waals surface area (Å²) in [5.74, 6) is -0.472. The van der Waals surface area contributed by atoms with Gasteiger partial charge < -0.3 is 49.4 Å². The van der Waals surface area contributed by atoms with Crippen molar-refractivity contribution in [3.05, 3.63) is 82.3 Å². The molecule has 0 saturated carbocycles. The highest BCUT2D eigenvalue weighted by molar-refractivity contribution is 6.06. The average Bonchev–Trinajstić information content (AvgIpc) is 2.99. The van der Waals surface area contributed by atoms with Gasteiger partial charge in [-0.3, -0.25) is 4.79 Å². The van der Waals surface area contributed by atoms with E-state index in [0.717, 1.165) is 0 Å². The molecule has 1 fully saturated rings. The van der Waals surface area contributed by atoms with Gasteiger partial charge in [-0.05, 0) is 51.1 Å². The Labute approximate surface area is 256 Å². The van der Waals surface area contributed by atoms with Gasteiger partial charge in [0, 0.05) is 30.5 Å². The Balaban J connectivity index is 1.39. The normalized spacial score (nSPS) is 20.7. The molecule has 5 rings (SSSR count). The first-order valence-corrected chi connectivity index (χ1v) is 13.7. The number of aromatic nitrogens is 1. The van der Waals surface area contributed by atoms with Gasteiger partial charge in [-0.2, -0.15) is 0 Å². The Morgan fingerprint density at radius 1 is 1.11 bits per heavy atom. The van der Waals surface area contributed by atoms with Crippen molar-refractivity contribution < 1.29 is 47.9 Å². The van der Waals surface area contributed by atoms with Gasteiger partial charge >= 0.3 is 11.7 Å². The monoisotopic (exact) mass is 621 g/mol. The smallest absolute Gasteiger partial charge is 0.404 e. The average molecular weight is 622 g/mol. The molecule has 1 aliphatic rings. The van der Waals surface area contributed by atoms with Crippen LogP contribution in [0, 0.1) is 6.92 Å². The Hall–Kier alpha value is -5.18.